The first-order chi connectivity index (χ1) is 16.9. The lowest BCUT2D eigenvalue weighted by atomic mass is 10.1. The summed E-state index contributed by atoms with van der Waals surface area (Å²) in [5, 5.41) is 18.3. The number of rotatable bonds is 7. The van der Waals surface area contributed by atoms with Gasteiger partial charge in [0.15, 0.2) is 0 Å². The van der Waals surface area contributed by atoms with E-state index in [9.17, 15) is 9.90 Å². The summed E-state index contributed by atoms with van der Waals surface area (Å²) in [5.41, 5.74) is 3.14. The number of carbonyl (C=O) groups excluding carboxylic acids is 1. The van der Waals surface area contributed by atoms with Crippen molar-refractivity contribution >= 4 is 39.3 Å². The molecule has 0 radical (unpaired) electrons. The third-order valence-corrected chi connectivity index (χ3v) is 7.33. The van der Waals surface area contributed by atoms with Crippen molar-refractivity contribution in [3.05, 3.63) is 23.7 Å². The van der Waals surface area contributed by atoms with Gasteiger partial charge in [-0.05, 0) is 33.3 Å². The van der Waals surface area contributed by atoms with Crippen molar-refractivity contribution < 1.29 is 24.1 Å². The maximum absolute atomic E-state index is 12.4. The molecule has 35 heavy (non-hydrogen) atoms. The van der Waals surface area contributed by atoms with Gasteiger partial charge in [-0.15, -0.1) is 11.3 Å². The number of pyridine rings is 1. The van der Waals surface area contributed by atoms with Gasteiger partial charge in [0.2, 0.25) is 12.2 Å². The molecule has 3 N–H and O–H groups in total. The van der Waals surface area contributed by atoms with Gasteiger partial charge in [-0.3, -0.25) is 9.78 Å². The lowest BCUT2D eigenvalue weighted by molar-refractivity contribution is -0.230. The van der Waals surface area contributed by atoms with Crippen LogP contribution in [0.5, 0.6) is 0 Å². The highest BCUT2D eigenvalue weighted by atomic mass is 32.1. The number of anilines is 2. The van der Waals surface area contributed by atoms with E-state index in [-0.39, 0.29) is 5.97 Å². The molecule has 0 spiro atoms. The van der Waals surface area contributed by atoms with Gasteiger partial charge in [0.05, 0.1) is 40.2 Å². The highest BCUT2D eigenvalue weighted by Crippen LogP contribution is 2.40. The van der Waals surface area contributed by atoms with E-state index >= 15 is 0 Å². The number of aryl methyl sites for hydroxylation is 2. The van der Waals surface area contributed by atoms with Gasteiger partial charge in [-0.2, -0.15) is 4.98 Å². The van der Waals surface area contributed by atoms with Crippen LogP contribution in [-0.2, 0) is 19.0 Å². The smallest absolute Gasteiger partial charge is 0.314 e. The molecule has 2 aliphatic rings. The van der Waals surface area contributed by atoms with Crippen LogP contribution in [0.15, 0.2) is 12.3 Å². The Bertz CT molecular complexity index is 1250. The molecule has 0 aromatic carbocycles. The number of aromatic nitrogens is 4. The maximum Gasteiger partial charge on any atom is 0.314 e. The first-order valence-corrected chi connectivity index (χ1v) is 12.3. The topological polar surface area (TPSA) is 141 Å². The van der Waals surface area contributed by atoms with E-state index in [4.69, 9.17) is 24.2 Å². The number of esters is 1. The molecule has 1 aliphatic carbocycles. The molecule has 5 rings (SSSR count). The zero-order valence-corrected chi connectivity index (χ0v) is 20.8. The van der Waals surface area contributed by atoms with Crippen LogP contribution < -0.4 is 10.6 Å². The summed E-state index contributed by atoms with van der Waals surface area (Å²) < 4.78 is 17.1. The quantitative estimate of drug-likeness (QED) is 0.325. The Hall–Kier alpha value is -2.93. The first-order valence-electron chi connectivity index (χ1n) is 11.5. The number of hydrogen-bond acceptors (Lipinski definition) is 12. The van der Waals surface area contributed by atoms with Crippen LogP contribution in [0.3, 0.4) is 0 Å². The monoisotopic (exact) mass is 500 g/mol. The Labute approximate surface area is 206 Å². The molecule has 1 aliphatic heterocycles. The SMILES string of the molecule is COCCNc1nc(C)c(-c2nc3c(C)nccc3s2)c(N[C@@H]2C[C@@H]3C(=O)OC(C)O[C@H]3[C@H]2O)n1. The average Bonchev–Trinajstić information content (AvgIpc) is 3.37. The molecule has 0 bridgehead atoms. The average molecular weight is 501 g/mol. The molecule has 0 amide bonds. The number of cyclic esters (lactones) is 1. The molecule has 3 aromatic rings. The zero-order valence-electron chi connectivity index (χ0n) is 19.9. The Kier molecular flexibility index (Phi) is 6.53. The fourth-order valence-electron chi connectivity index (χ4n) is 4.61. The number of aliphatic hydroxyl groups is 1. The van der Waals surface area contributed by atoms with E-state index in [1.165, 1.54) is 11.3 Å². The van der Waals surface area contributed by atoms with Gasteiger partial charge >= 0.3 is 5.97 Å². The standard InChI is InChI=1S/C23H28N6O5S/c1-10-16(21-28-17-11(2)24-6-5-15(17)35-21)20(29-23(26-10)25-7-8-32-4)27-14-9-13-19(18(14)30)33-12(3)34-22(13)31/h5-6,12-14,18-19,30H,7-9H2,1-4H3,(H2,25,26,27,29)/t12?,13-,14+,18-,19+/m0/s1. The number of aliphatic hydroxyl groups excluding tert-OH is 1. The van der Waals surface area contributed by atoms with Crippen molar-refractivity contribution in [2.45, 2.75) is 51.7 Å². The lowest BCUT2D eigenvalue weighted by Crippen LogP contribution is -2.45. The van der Waals surface area contributed by atoms with E-state index in [1.54, 1.807) is 20.2 Å². The summed E-state index contributed by atoms with van der Waals surface area (Å²) in [4.78, 5) is 30.9. The molecular weight excluding hydrogens is 472 g/mol. The zero-order chi connectivity index (χ0) is 24.7. The summed E-state index contributed by atoms with van der Waals surface area (Å²) in [6, 6.07) is 1.46. The van der Waals surface area contributed by atoms with Crippen LogP contribution >= 0.6 is 11.3 Å². The predicted octanol–water partition coefficient (Wildman–Crippen LogP) is 2.27. The first kappa shape index (κ1) is 23.8. The van der Waals surface area contributed by atoms with Crippen molar-refractivity contribution in [3.8, 4) is 10.6 Å². The lowest BCUT2D eigenvalue weighted by Gasteiger charge is -2.31. The summed E-state index contributed by atoms with van der Waals surface area (Å²) in [5.74, 6) is 0.0537. The van der Waals surface area contributed by atoms with E-state index in [0.717, 1.165) is 32.2 Å². The summed E-state index contributed by atoms with van der Waals surface area (Å²) in [7, 11) is 1.63. The van der Waals surface area contributed by atoms with E-state index < -0.39 is 30.5 Å². The van der Waals surface area contributed by atoms with Crippen molar-refractivity contribution in [2.75, 3.05) is 30.9 Å². The molecule has 1 saturated carbocycles. The van der Waals surface area contributed by atoms with Crippen LogP contribution in [0.2, 0.25) is 0 Å². The number of ether oxygens (including phenoxy) is 3. The molecular formula is C23H28N6O5S. The number of hydrogen-bond donors (Lipinski definition) is 3. The third-order valence-electron chi connectivity index (χ3n) is 6.29. The second-order valence-electron chi connectivity index (χ2n) is 8.73. The Morgan fingerprint density at radius 1 is 1.26 bits per heavy atom. The normalized spacial score (nSPS) is 26.0. The van der Waals surface area contributed by atoms with Crippen molar-refractivity contribution in [3.63, 3.8) is 0 Å². The second-order valence-corrected chi connectivity index (χ2v) is 9.76. The second kappa shape index (κ2) is 9.61. The molecule has 1 saturated heterocycles. The fourth-order valence-corrected chi connectivity index (χ4v) is 5.72. The summed E-state index contributed by atoms with van der Waals surface area (Å²) in [6.07, 6.45) is -0.113. The van der Waals surface area contributed by atoms with Crippen LogP contribution in [0, 0.1) is 19.8 Å². The number of methoxy groups -OCH3 is 1. The van der Waals surface area contributed by atoms with Gasteiger partial charge in [-0.1, -0.05) is 0 Å². The fraction of sp³-hybridized carbons (Fsp3) is 0.522. The number of thiazole rings is 1. The van der Waals surface area contributed by atoms with Gasteiger partial charge in [0.1, 0.15) is 28.6 Å². The van der Waals surface area contributed by atoms with Crippen molar-refractivity contribution in [1.29, 1.82) is 0 Å². The minimum atomic E-state index is -0.912. The minimum absolute atomic E-state index is 0.354. The number of carbonyl (C=O) groups is 1. The molecule has 1 unspecified atom stereocenters. The number of fused-ring (bicyclic) bond motifs is 2. The van der Waals surface area contributed by atoms with Gasteiger partial charge in [0, 0.05) is 19.9 Å². The molecule has 3 aromatic heterocycles. The molecule has 11 nitrogen and oxygen atoms in total. The third kappa shape index (κ3) is 4.54. The largest absolute Gasteiger partial charge is 0.436 e. The Morgan fingerprint density at radius 3 is 2.86 bits per heavy atom. The van der Waals surface area contributed by atoms with Crippen molar-refractivity contribution in [2.24, 2.45) is 5.92 Å². The minimum Gasteiger partial charge on any atom is -0.436 e. The molecule has 2 fully saturated rings. The summed E-state index contributed by atoms with van der Waals surface area (Å²) in [6.45, 7) is 6.51. The molecule has 12 heteroatoms. The van der Waals surface area contributed by atoms with E-state index in [1.807, 2.05) is 19.9 Å². The molecule has 4 heterocycles. The highest BCUT2D eigenvalue weighted by molar-refractivity contribution is 7.21. The van der Waals surface area contributed by atoms with Crippen LogP contribution in [0.4, 0.5) is 11.8 Å². The Balaban J connectivity index is 1.52. The maximum atomic E-state index is 12.4. The summed E-state index contributed by atoms with van der Waals surface area (Å²) >= 11 is 1.53. The predicted molar refractivity (Wildman–Crippen MR) is 130 cm³/mol. The van der Waals surface area contributed by atoms with Crippen molar-refractivity contribution in [1.82, 2.24) is 19.9 Å². The van der Waals surface area contributed by atoms with E-state index in [0.29, 0.717) is 31.3 Å². The Morgan fingerprint density at radius 2 is 2.09 bits per heavy atom. The van der Waals surface area contributed by atoms with Gasteiger partial charge < -0.3 is 30.0 Å². The van der Waals surface area contributed by atoms with Crippen LogP contribution in [-0.4, -0.2) is 75.8 Å². The highest BCUT2D eigenvalue weighted by Gasteiger charge is 2.51. The van der Waals surface area contributed by atoms with Crippen LogP contribution in [0.25, 0.3) is 20.8 Å². The molecule has 5 atom stereocenters. The number of nitrogens with one attached hydrogen (secondary N) is 2. The number of nitrogens with zero attached hydrogens (tertiary/aromatic N) is 4. The van der Waals surface area contributed by atoms with E-state index in [2.05, 4.69) is 20.6 Å². The molecule has 186 valence electrons. The van der Waals surface area contributed by atoms with Gasteiger partial charge in [-0.25, -0.2) is 9.97 Å². The van der Waals surface area contributed by atoms with Gasteiger partial charge in [0.25, 0.3) is 0 Å². The van der Waals surface area contributed by atoms with Crippen LogP contribution in [0.1, 0.15) is 24.7 Å².